The summed E-state index contributed by atoms with van der Waals surface area (Å²) in [7, 11) is 2.03. The molecule has 1 atom stereocenters. The van der Waals surface area contributed by atoms with Crippen molar-refractivity contribution in [2.24, 2.45) is 17.8 Å². The minimum atomic E-state index is 0.834. The molecule has 0 aromatic rings. The van der Waals surface area contributed by atoms with Gasteiger partial charge in [-0.3, -0.25) is 0 Å². The Morgan fingerprint density at radius 1 is 1.08 bits per heavy atom. The first-order valence-electron chi connectivity index (χ1n) is 5.22. The van der Waals surface area contributed by atoms with E-state index in [0.29, 0.717) is 0 Å². The van der Waals surface area contributed by atoms with Crippen LogP contribution in [0.1, 0.15) is 40.5 Å². The lowest BCUT2D eigenvalue weighted by Crippen LogP contribution is -2.18. The van der Waals surface area contributed by atoms with E-state index in [0.717, 1.165) is 24.3 Å². The molecule has 0 aliphatic carbocycles. The molecule has 0 spiro atoms. The first-order chi connectivity index (χ1) is 5.57. The Morgan fingerprint density at radius 3 is 2.00 bits per heavy atom. The maximum atomic E-state index is 3.23. The zero-order valence-electron chi connectivity index (χ0n) is 9.35. The lowest BCUT2D eigenvalue weighted by Gasteiger charge is -2.22. The number of nitrogens with one attached hydrogen (secondary N) is 1. The molecule has 12 heavy (non-hydrogen) atoms. The van der Waals surface area contributed by atoms with Gasteiger partial charge in [0.15, 0.2) is 0 Å². The standard InChI is InChI=1S/C11H25N/c1-9(2)8-11(10(3)4)6-7-12-5/h9-12H,6-8H2,1-5H3. The lowest BCUT2D eigenvalue weighted by molar-refractivity contribution is 0.297. The Labute approximate surface area is 77.9 Å². The van der Waals surface area contributed by atoms with Crippen LogP contribution in [0.25, 0.3) is 0 Å². The van der Waals surface area contributed by atoms with Gasteiger partial charge in [-0.05, 0) is 44.2 Å². The summed E-state index contributed by atoms with van der Waals surface area (Å²) in [6.07, 6.45) is 2.70. The Morgan fingerprint density at radius 2 is 1.67 bits per heavy atom. The van der Waals surface area contributed by atoms with Crippen molar-refractivity contribution in [3.63, 3.8) is 0 Å². The molecule has 0 saturated heterocycles. The van der Waals surface area contributed by atoms with E-state index < -0.39 is 0 Å². The highest BCUT2D eigenvalue weighted by Gasteiger charge is 2.13. The SMILES string of the molecule is CNCCC(CC(C)C)C(C)C. The van der Waals surface area contributed by atoms with E-state index in [4.69, 9.17) is 0 Å². The summed E-state index contributed by atoms with van der Waals surface area (Å²) < 4.78 is 0. The summed E-state index contributed by atoms with van der Waals surface area (Å²) >= 11 is 0. The summed E-state index contributed by atoms with van der Waals surface area (Å²) in [5, 5.41) is 3.23. The van der Waals surface area contributed by atoms with E-state index in [9.17, 15) is 0 Å². The van der Waals surface area contributed by atoms with Crippen molar-refractivity contribution in [1.82, 2.24) is 5.32 Å². The average molecular weight is 171 g/mol. The molecule has 0 aliphatic rings. The monoisotopic (exact) mass is 171 g/mol. The molecule has 0 bridgehead atoms. The van der Waals surface area contributed by atoms with Gasteiger partial charge in [-0.1, -0.05) is 27.7 Å². The highest BCUT2D eigenvalue weighted by Crippen LogP contribution is 2.22. The van der Waals surface area contributed by atoms with Gasteiger partial charge in [0.1, 0.15) is 0 Å². The Bertz CT molecular complexity index is 97.2. The summed E-state index contributed by atoms with van der Waals surface area (Å²) in [5.41, 5.74) is 0. The molecule has 1 unspecified atom stereocenters. The fraction of sp³-hybridized carbons (Fsp3) is 1.00. The molecule has 0 aromatic carbocycles. The van der Waals surface area contributed by atoms with Crippen LogP contribution in [0, 0.1) is 17.8 Å². The third-order valence-corrected chi connectivity index (χ3v) is 2.48. The maximum Gasteiger partial charge on any atom is -0.00492 e. The molecule has 0 saturated carbocycles. The zero-order chi connectivity index (χ0) is 9.56. The second kappa shape index (κ2) is 6.47. The summed E-state index contributed by atoms with van der Waals surface area (Å²) in [6, 6.07) is 0. The molecule has 0 rings (SSSR count). The van der Waals surface area contributed by atoms with E-state index >= 15 is 0 Å². The van der Waals surface area contributed by atoms with E-state index in [2.05, 4.69) is 33.0 Å². The first kappa shape index (κ1) is 12.0. The highest BCUT2D eigenvalue weighted by molar-refractivity contribution is 4.65. The predicted molar refractivity (Wildman–Crippen MR) is 56.3 cm³/mol. The van der Waals surface area contributed by atoms with Crippen LogP contribution < -0.4 is 5.32 Å². The van der Waals surface area contributed by atoms with Gasteiger partial charge in [0.2, 0.25) is 0 Å². The van der Waals surface area contributed by atoms with E-state index in [1.807, 2.05) is 7.05 Å². The number of rotatable bonds is 6. The maximum absolute atomic E-state index is 3.23. The van der Waals surface area contributed by atoms with Gasteiger partial charge in [0.05, 0.1) is 0 Å². The van der Waals surface area contributed by atoms with Gasteiger partial charge in [0.25, 0.3) is 0 Å². The Kier molecular flexibility index (Phi) is 6.45. The van der Waals surface area contributed by atoms with Crippen LogP contribution in [-0.4, -0.2) is 13.6 Å². The number of hydrogen-bond acceptors (Lipinski definition) is 1. The minimum Gasteiger partial charge on any atom is -0.320 e. The second-order valence-corrected chi connectivity index (χ2v) is 4.53. The normalized spacial score (nSPS) is 14.2. The van der Waals surface area contributed by atoms with Crippen molar-refractivity contribution in [2.45, 2.75) is 40.5 Å². The predicted octanol–water partition coefficient (Wildman–Crippen LogP) is 2.91. The Balaban J connectivity index is 3.70. The van der Waals surface area contributed by atoms with Crippen molar-refractivity contribution < 1.29 is 0 Å². The average Bonchev–Trinajstić information content (AvgIpc) is 1.96. The molecule has 0 aliphatic heterocycles. The van der Waals surface area contributed by atoms with E-state index in [-0.39, 0.29) is 0 Å². The fourth-order valence-corrected chi connectivity index (χ4v) is 1.66. The zero-order valence-corrected chi connectivity index (χ0v) is 9.35. The van der Waals surface area contributed by atoms with Crippen LogP contribution in [0.2, 0.25) is 0 Å². The Hall–Kier alpha value is -0.0400. The highest BCUT2D eigenvalue weighted by atomic mass is 14.8. The molecule has 0 radical (unpaired) electrons. The molecule has 0 amide bonds. The van der Waals surface area contributed by atoms with Crippen molar-refractivity contribution in [2.75, 3.05) is 13.6 Å². The molecule has 0 heterocycles. The lowest BCUT2D eigenvalue weighted by atomic mass is 9.85. The van der Waals surface area contributed by atoms with Gasteiger partial charge in [-0.15, -0.1) is 0 Å². The van der Waals surface area contributed by atoms with Crippen molar-refractivity contribution in [1.29, 1.82) is 0 Å². The van der Waals surface area contributed by atoms with E-state index in [1.54, 1.807) is 0 Å². The largest absolute Gasteiger partial charge is 0.320 e. The first-order valence-corrected chi connectivity index (χ1v) is 5.22. The summed E-state index contributed by atoms with van der Waals surface area (Å²) in [5.74, 6) is 2.58. The molecular formula is C11H25N. The minimum absolute atomic E-state index is 0.834. The quantitative estimate of drug-likeness (QED) is 0.648. The topological polar surface area (TPSA) is 12.0 Å². The summed E-state index contributed by atoms with van der Waals surface area (Å²) in [6.45, 7) is 10.5. The van der Waals surface area contributed by atoms with Crippen molar-refractivity contribution in [3.8, 4) is 0 Å². The van der Waals surface area contributed by atoms with Gasteiger partial charge in [0, 0.05) is 0 Å². The molecule has 0 fully saturated rings. The van der Waals surface area contributed by atoms with Crippen LogP contribution in [0.15, 0.2) is 0 Å². The van der Waals surface area contributed by atoms with Crippen LogP contribution in [0.5, 0.6) is 0 Å². The van der Waals surface area contributed by atoms with Gasteiger partial charge < -0.3 is 5.32 Å². The van der Waals surface area contributed by atoms with Crippen molar-refractivity contribution in [3.05, 3.63) is 0 Å². The van der Waals surface area contributed by atoms with Gasteiger partial charge in [-0.2, -0.15) is 0 Å². The van der Waals surface area contributed by atoms with E-state index in [1.165, 1.54) is 12.8 Å². The fourth-order valence-electron chi connectivity index (χ4n) is 1.66. The van der Waals surface area contributed by atoms with Crippen LogP contribution >= 0.6 is 0 Å². The van der Waals surface area contributed by atoms with Crippen LogP contribution in [-0.2, 0) is 0 Å². The molecule has 1 heteroatoms. The summed E-state index contributed by atoms with van der Waals surface area (Å²) in [4.78, 5) is 0. The van der Waals surface area contributed by atoms with Gasteiger partial charge in [-0.25, -0.2) is 0 Å². The second-order valence-electron chi connectivity index (χ2n) is 4.53. The number of hydrogen-bond donors (Lipinski definition) is 1. The van der Waals surface area contributed by atoms with Gasteiger partial charge >= 0.3 is 0 Å². The molecule has 0 aromatic heterocycles. The molecule has 74 valence electrons. The van der Waals surface area contributed by atoms with Crippen molar-refractivity contribution >= 4 is 0 Å². The van der Waals surface area contributed by atoms with Crippen LogP contribution in [0.3, 0.4) is 0 Å². The van der Waals surface area contributed by atoms with Crippen LogP contribution in [0.4, 0.5) is 0 Å². The molecule has 1 nitrogen and oxygen atoms in total. The smallest absolute Gasteiger partial charge is 0.00492 e. The molecular weight excluding hydrogens is 146 g/mol. The third-order valence-electron chi connectivity index (χ3n) is 2.48. The molecule has 1 N–H and O–H groups in total. The third kappa shape index (κ3) is 5.59.